The number of carbonyl (C=O) groups excluding carboxylic acids is 1. The number of amides is 1. The zero-order chi connectivity index (χ0) is 36.7. The Morgan fingerprint density at radius 1 is 0.837 bits per heavy atom. The zero-order valence-electron chi connectivity index (χ0n) is 25.7. The lowest BCUT2D eigenvalue weighted by Gasteiger charge is -2.24. The number of benzene rings is 3. The minimum Gasteiger partial charge on any atom is -0.496 e. The predicted molar refractivity (Wildman–Crippen MR) is 159 cm³/mol. The highest BCUT2D eigenvalue weighted by Gasteiger charge is 2.44. The van der Waals surface area contributed by atoms with Crippen LogP contribution in [-0.4, -0.2) is 51.2 Å². The van der Waals surface area contributed by atoms with Gasteiger partial charge in [0.1, 0.15) is 27.4 Å². The van der Waals surface area contributed by atoms with Gasteiger partial charge in [-0.2, -0.15) is 39.5 Å². The van der Waals surface area contributed by atoms with E-state index in [1.54, 1.807) is 0 Å². The average Bonchev–Trinajstić information content (AvgIpc) is 3.26. The summed E-state index contributed by atoms with van der Waals surface area (Å²) in [6.45, 7) is 0.543. The Kier molecular flexibility index (Phi) is 10.7. The minimum absolute atomic E-state index is 0.0207. The topological polar surface area (TPSA) is 82.1 Å². The van der Waals surface area contributed by atoms with Crippen molar-refractivity contribution < 1.29 is 66.9 Å². The van der Waals surface area contributed by atoms with Crippen LogP contribution in [0.5, 0.6) is 11.5 Å². The lowest BCUT2D eigenvalue weighted by atomic mass is 9.94. The molecule has 1 aliphatic rings. The monoisotopic (exact) mass is 747 g/mol. The third-order valence-corrected chi connectivity index (χ3v) is 8.89. The van der Waals surface area contributed by atoms with E-state index in [0.717, 1.165) is 29.4 Å². The molecule has 1 fully saturated rings. The molecule has 3 aromatic carbocycles. The van der Waals surface area contributed by atoms with Crippen molar-refractivity contribution in [3.63, 3.8) is 0 Å². The van der Waals surface area contributed by atoms with Crippen molar-refractivity contribution in [2.75, 3.05) is 25.7 Å². The summed E-state index contributed by atoms with van der Waals surface area (Å²) in [5, 5.41) is 0.0207. The fourth-order valence-corrected chi connectivity index (χ4v) is 6.03. The number of hydrogen-bond acceptors (Lipinski definition) is 6. The van der Waals surface area contributed by atoms with E-state index in [0.29, 0.717) is 12.1 Å². The van der Waals surface area contributed by atoms with Gasteiger partial charge in [0.15, 0.2) is 0 Å². The first-order chi connectivity index (χ1) is 22.5. The molecule has 49 heavy (non-hydrogen) atoms. The lowest BCUT2D eigenvalue weighted by Crippen LogP contribution is -2.32. The summed E-state index contributed by atoms with van der Waals surface area (Å²) in [4.78, 5) is 13.9. The smallest absolute Gasteiger partial charge is 0.416 e. The number of ether oxygens (including phenoxy) is 3. The molecule has 0 spiro atoms. The molecular weight excluding hydrogens is 721 g/mol. The van der Waals surface area contributed by atoms with E-state index in [2.05, 4.69) is 0 Å². The van der Waals surface area contributed by atoms with Crippen LogP contribution in [0.4, 0.5) is 44.3 Å². The molecule has 1 amide bonds. The van der Waals surface area contributed by atoms with Crippen molar-refractivity contribution in [2.45, 2.75) is 50.6 Å². The van der Waals surface area contributed by atoms with Gasteiger partial charge in [0.25, 0.3) is 0 Å². The molecule has 3 aromatic rings. The van der Waals surface area contributed by atoms with Gasteiger partial charge in [-0.25, -0.2) is 13.2 Å². The van der Waals surface area contributed by atoms with Crippen LogP contribution >= 0.6 is 11.6 Å². The zero-order valence-corrected chi connectivity index (χ0v) is 27.3. The molecule has 18 heteroatoms. The van der Waals surface area contributed by atoms with E-state index in [4.69, 9.17) is 25.8 Å². The van der Waals surface area contributed by atoms with E-state index >= 15 is 0 Å². The van der Waals surface area contributed by atoms with Crippen LogP contribution in [-0.2, 0) is 39.6 Å². The van der Waals surface area contributed by atoms with Crippen LogP contribution in [0.3, 0.4) is 0 Å². The average molecular weight is 748 g/mol. The van der Waals surface area contributed by atoms with E-state index in [1.807, 2.05) is 0 Å². The standard InChI is InChI=1S/C31H27ClF9NO6S/c1-16-27(17-9-20(30(36,37)38)12-21(10-17)31(39,40)41)48-28(43)42(16)15-18-11-19(29(33,34)35)5-6-22(18)23-13-26(24(32)14-25(23)46-2)47-7-4-8-49(3,44)45/h5-6,9-14,16,27H,4,7-8,15H2,1-3H3/t16-,27-/m0/s1. The number of carbonyl (C=O) groups is 1. The quantitative estimate of drug-likeness (QED) is 0.152. The molecule has 1 heterocycles. The number of sulfone groups is 1. The molecule has 0 unspecified atom stereocenters. The number of halogens is 10. The van der Waals surface area contributed by atoms with Crippen LogP contribution in [0.15, 0.2) is 48.5 Å². The molecule has 0 aromatic heterocycles. The molecule has 1 saturated heterocycles. The second kappa shape index (κ2) is 13.8. The highest BCUT2D eigenvalue weighted by molar-refractivity contribution is 7.90. The summed E-state index contributed by atoms with van der Waals surface area (Å²) in [6.07, 6.45) is -16.9. The molecule has 1 aliphatic heterocycles. The number of alkyl halides is 9. The summed E-state index contributed by atoms with van der Waals surface area (Å²) in [6, 6.07) is 4.72. The van der Waals surface area contributed by atoms with Gasteiger partial charge in [-0.3, -0.25) is 4.90 Å². The number of cyclic esters (lactones) is 1. The molecule has 2 atom stereocenters. The molecule has 0 saturated carbocycles. The Morgan fingerprint density at radius 2 is 1.43 bits per heavy atom. The van der Waals surface area contributed by atoms with Crippen LogP contribution in [0.25, 0.3) is 11.1 Å². The van der Waals surface area contributed by atoms with Gasteiger partial charge < -0.3 is 14.2 Å². The van der Waals surface area contributed by atoms with Crippen molar-refractivity contribution in [1.82, 2.24) is 4.90 Å². The maximum Gasteiger partial charge on any atom is 0.416 e. The van der Waals surface area contributed by atoms with E-state index < -0.39 is 75.4 Å². The van der Waals surface area contributed by atoms with Crippen molar-refractivity contribution in [3.8, 4) is 22.6 Å². The Hall–Kier alpha value is -3.86. The maximum atomic E-state index is 13.8. The van der Waals surface area contributed by atoms with Crippen LogP contribution < -0.4 is 9.47 Å². The minimum atomic E-state index is -5.18. The largest absolute Gasteiger partial charge is 0.496 e. The normalized spacial score (nSPS) is 17.3. The summed E-state index contributed by atoms with van der Waals surface area (Å²) in [7, 11) is -2.05. The number of methoxy groups -OCH3 is 1. The van der Waals surface area contributed by atoms with Gasteiger partial charge in [0.05, 0.1) is 53.8 Å². The van der Waals surface area contributed by atoms with Gasteiger partial charge in [-0.1, -0.05) is 17.7 Å². The van der Waals surface area contributed by atoms with Crippen LogP contribution in [0, 0.1) is 0 Å². The highest BCUT2D eigenvalue weighted by atomic mass is 35.5. The fourth-order valence-electron chi connectivity index (χ4n) is 5.18. The highest BCUT2D eigenvalue weighted by Crippen LogP contribution is 2.44. The van der Waals surface area contributed by atoms with Gasteiger partial charge in [0, 0.05) is 17.9 Å². The van der Waals surface area contributed by atoms with Crippen molar-refractivity contribution in [2.24, 2.45) is 0 Å². The first-order valence-electron chi connectivity index (χ1n) is 14.1. The number of rotatable bonds is 10. The predicted octanol–water partition coefficient (Wildman–Crippen LogP) is 8.97. The first kappa shape index (κ1) is 38.0. The molecule has 0 aliphatic carbocycles. The van der Waals surface area contributed by atoms with Crippen LogP contribution in [0.2, 0.25) is 5.02 Å². The van der Waals surface area contributed by atoms with Crippen molar-refractivity contribution in [3.05, 3.63) is 81.4 Å². The number of hydrogen-bond donors (Lipinski definition) is 0. The first-order valence-corrected chi connectivity index (χ1v) is 16.6. The number of nitrogens with zero attached hydrogens (tertiary/aromatic N) is 1. The summed E-state index contributed by atoms with van der Waals surface area (Å²) >= 11 is 6.31. The molecule has 7 nitrogen and oxygen atoms in total. The summed E-state index contributed by atoms with van der Waals surface area (Å²) in [5.74, 6) is -0.108. The Morgan fingerprint density at radius 3 is 1.96 bits per heavy atom. The van der Waals surface area contributed by atoms with Crippen molar-refractivity contribution >= 4 is 27.5 Å². The molecule has 0 bridgehead atoms. The summed E-state index contributed by atoms with van der Waals surface area (Å²) in [5.41, 5.74) is -4.95. The van der Waals surface area contributed by atoms with E-state index in [-0.39, 0.29) is 58.1 Å². The maximum absolute atomic E-state index is 13.8. The van der Waals surface area contributed by atoms with Crippen LogP contribution in [0.1, 0.15) is 47.3 Å². The second-order valence-corrected chi connectivity index (χ2v) is 13.9. The van der Waals surface area contributed by atoms with Crippen molar-refractivity contribution in [1.29, 1.82) is 0 Å². The molecular formula is C31H27ClF9NO6S. The Balaban J connectivity index is 1.76. The third kappa shape index (κ3) is 9.04. The van der Waals surface area contributed by atoms with Gasteiger partial charge in [-0.15, -0.1) is 0 Å². The van der Waals surface area contributed by atoms with E-state index in [9.17, 15) is 52.7 Å². The molecule has 0 radical (unpaired) electrons. The Bertz CT molecular complexity index is 1800. The second-order valence-electron chi connectivity index (χ2n) is 11.2. The molecule has 268 valence electrons. The Labute approximate surface area is 279 Å². The summed E-state index contributed by atoms with van der Waals surface area (Å²) < 4.78 is 162. The van der Waals surface area contributed by atoms with E-state index in [1.165, 1.54) is 26.2 Å². The van der Waals surface area contributed by atoms with Gasteiger partial charge >= 0.3 is 24.6 Å². The SMILES string of the molecule is COc1cc(Cl)c(OCCCS(C)(=O)=O)cc1-c1ccc(C(F)(F)F)cc1CN1C(=O)O[C@H](c2cc(C(F)(F)F)cc(C(F)(F)F)c2)[C@@H]1C. The lowest BCUT2D eigenvalue weighted by molar-refractivity contribution is -0.143. The third-order valence-electron chi connectivity index (χ3n) is 7.57. The molecule has 0 N–H and O–H groups in total. The van der Waals surface area contributed by atoms with Gasteiger partial charge in [0.2, 0.25) is 0 Å². The molecule has 4 rings (SSSR count). The van der Waals surface area contributed by atoms with Gasteiger partial charge in [-0.05, 0) is 66.4 Å². The fraction of sp³-hybridized carbons (Fsp3) is 0.387.